The van der Waals surface area contributed by atoms with Crippen LogP contribution in [0.2, 0.25) is 0 Å². The molecule has 0 aliphatic heterocycles. The van der Waals surface area contributed by atoms with Crippen molar-refractivity contribution < 1.29 is 28.2 Å². The molecule has 198 valence electrons. The Morgan fingerprint density at radius 3 is 2.50 bits per heavy atom. The molecule has 0 saturated heterocycles. The van der Waals surface area contributed by atoms with Crippen LogP contribution in [0.1, 0.15) is 49.7 Å². The van der Waals surface area contributed by atoms with E-state index >= 15 is 0 Å². The van der Waals surface area contributed by atoms with Crippen LogP contribution < -0.4 is 5.32 Å². The summed E-state index contributed by atoms with van der Waals surface area (Å²) in [7, 11) is 0. The summed E-state index contributed by atoms with van der Waals surface area (Å²) in [6.07, 6.45) is 2.83. The highest BCUT2D eigenvalue weighted by Crippen LogP contribution is 2.51. The van der Waals surface area contributed by atoms with E-state index in [1.54, 1.807) is 36.7 Å². The van der Waals surface area contributed by atoms with Crippen molar-refractivity contribution in [3.63, 3.8) is 0 Å². The van der Waals surface area contributed by atoms with E-state index in [9.17, 15) is 28.2 Å². The van der Waals surface area contributed by atoms with Gasteiger partial charge in [-0.25, -0.2) is 15.0 Å². The highest BCUT2D eigenvalue weighted by molar-refractivity contribution is 7.15. The Balaban J connectivity index is 1.46. The van der Waals surface area contributed by atoms with Gasteiger partial charge in [0.25, 0.3) is 0 Å². The number of aromatic nitrogens is 4. The summed E-state index contributed by atoms with van der Waals surface area (Å²) in [6, 6.07) is 7.71. The van der Waals surface area contributed by atoms with Crippen molar-refractivity contribution in [3.8, 4) is 10.4 Å². The van der Waals surface area contributed by atoms with Gasteiger partial charge in [-0.2, -0.15) is 13.2 Å². The molecule has 12 heteroatoms. The van der Waals surface area contributed by atoms with E-state index < -0.39 is 28.9 Å². The number of carbonyl (C=O) groups is 1. The number of alkyl halides is 3. The maximum Gasteiger partial charge on any atom is 0.433 e. The predicted molar refractivity (Wildman–Crippen MR) is 136 cm³/mol. The number of hydrogen-bond acceptors (Lipinski definition) is 8. The molecule has 1 aromatic carbocycles. The molecule has 1 atom stereocenters. The topological polar surface area (TPSA) is 121 Å². The maximum atomic E-state index is 13.0. The lowest BCUT2D eigenvalue weighted by atomic mass is 9.64. The van der Waals surface area contributed by atoms with Gasteiger partial charge in [-0.3, -0.25) is 9.78 Å². The number of aliphatic hydroxyl groups is 1. The Labute approximate surface area is 219 Å². The molecule has 4 aromatic rings. The van der Waals surface area contributed by atoms with Crippen molar-refractivity contribution in [2.45, 2.75) is 50.8 Å². The summed E-state index contributed by atoms with van der Waals surface area (Å²) in [5.74, 6) is -1.21. The molecular formula is C26H24F3N5O3S. The normalized spacial score (nSPS) is 17.2. The van der Waals surface area contributed by atoms with Crippen LogP contribution in [0, 0.1) is 5.41 Å². The van der Waals surface area contributed by atoms with Gasteiger partial charge >= 0.3 is 12.1 Å². The maximum absolute atomic E-state index is 13.0. The highest BCUT2D eigenvalue weighted by Gasteiger charge is 2.55. The zero-order valence-corrected chi connectivity index (χ0v) is 21.1. The van der Waals surface area contributed by atoms with Crippen LogP contribution in [0.4, 0.5) is 24.8 Å². The first-order valence-corrected chi connectivity index (χ1v) is 12.8. The van der Waals surface area contributed by atoms with Gasteiger partial charge in [0, 0.05) is 35.2 Å². The Hall–Kier alpha value is -3.64. The molecule has 3 heterocycles. The molecule has 1 fully saturated rings. The van der Waals surface area contributed by atoms with Gasteiger partial charge in [0.1, 0.15) is 21.7 Å². The summed E-state index contributed by atoms with van der Waals surface area (Å²) in [6.45, 7) is 1.54. The number of fused-ring (bicyclic) bond motifs is 1. The molecular weight excluding hydrogens is 519 g/mol. The number of pyridine rings is 1. The van der Waals surface area contributed by atoms with E-state index in [2.05, 4.69) is 25.3 Å². The van der Waals surface area contributed by atoms with Crippen molar-refractivity contribution in [3.05, 3.63) is 59.6 Å². The Bertz CT molecular complexity index is 1500. The summed E-state index contributed by atoms with van der Waals surface area (Å²) in [4.78, 5) is 29.3. The monoisotopic (exact) mass is 543 g/mol. The lowest BCUT2D eigenvalue weighted by Gasteiger charge is -2.43. The molecule has 0 spiro atoms. The molecule has 0 amide bonds. The minimum Gasteiger partial charge on any atom is -0.481 e. The fourth-order valence-electron chi connectivity index (χ4n) is 5.04. The first-order valence-electron chi connectivity index (χ1n) is 12.0. The van der Waals surface area contributed by atoms with E-state index in [0.717, 1.165) is 47.4 Å². The quantitative estimate of drug-likeness (QED) is 0.265. The number of rotatable bonds is 6. The van der Waals surface area contributed by atoms with E-state index in [1.807, 2.05) is 0 Å². The Morgan fingerprint density at radius 2 is 1.79 bits per heavy atom. The molecule has 1 aliphatic rings. The van der Waals surface area contributed by atoms with Crippen molar-refractivity contribution >= 4 is 39.8 Å². The first kappa shape index (κ1) is 26.0. The SMILES string of the molecule is CC(O)(c1ncc(-c2ccnc3cc(Nc4nccc(C(F)(F)F)n4)ccc23)s1)C1(C(=O)O)CCCCC1. The summed E-state index contributed by atoms with van der Waals surface area (Å²) in [5.41, 5.74) is -2.19. The third kappa shape index (κ3) is 4.58. The van der Waals surface area contributed by atoms with Gasteiger partial charge in [0.15, 0.2) is 0 Å². The lowest BCUT2D eigenvalue weighted by Crippen LogP contribution is -2.50. The fourth-order valence-corrected chi connectivity index (χ4v) is 6.14. The van der Waals surface area contributed by atoms with Gasteiger partial charge in [-0.05, 0) is 44.0 Å². The summed E-state index contributed by atoms with van der Waals surface area (Å²) < 4.78 is 39.0. The minimum absolute atomic E-state index is 0.195. The van der Waals surface area contributed by atoms with Crippen molar-refractivity contribution in [1.82, 2.24) is 19.9 Å². The molecule has 1 unspecified atom stereocenters. The number of thiazole rings is 1. The van der Waals surface area contributed by atoms with E-state index in [1.165, 1.54) is 18.3 Å². The van der Waals surface area contributed by atoms with Crippen LogP contribution in [0.3, 0.4) is 0 Å². The molecule has 3 N–H and O–H groups in total. The Kier molecular flexibility index (Phi) is 6.56. The zero-order valence-electron chi connectivity index (χ0n) is 20.3. The summed E-state index contributed by atoms with van der Waals surface area (Å²) in [5, 5.41) is 25.5. The first-order chi connectivity index (χ1) is 18.0. The van der Waals surface area contributed by atoms with Crippen LogP contribution in [0.5, 0.6) is 0 Å². The molecule has 3 aromatic heterocycles. The second-order valence-corrected chi connectivity index (χ2v) is 10.6. The number of anilines is 2. The number of carboxylic acid groups (broad SMARTS) is 1. The number of carboxylic acids is 1. The van der Waals surface area contributed by atoms with Gasteiger partial charge in [0.2, 0.25) is 5.95 Å². The van der Waals surface area contributed by atoms with Gasteiger partial charge in [-0.1, -0.05) is 25.3 Å². The number of halogens is 3. The van der Waals surface area contributed by atoms with Crippen LogP contribution >= 0.6 is 11.3 Å². The lowest BCUT2D eigenvalue weighted by molar-refractivity contribution is -0.174. The third-order valence-corrected chi connectivity index (χ3v) is 8.42. The largest absolute Gasteiger partial charge is 0.481 e. The van der Waals surface area contributed by atoms with Gasteiger partial charge in [-0.15, -0.1) is 11.3 Å². The molecule has 1 aliphatic carbocycles. The second-order valence-electron chi connectivity index (χ2n) is 9.53. The van der Waals surface area contributed by atoms with Gasteiger partial charge in [0.05, 0.1) is 10.4 Å². The van der Waals surface area contributed by atoms with Crippen LogP contribution in [-0.4, -0.2) is 36.1 Å². The minimum atomic E-state index is -4.58. The van der Waals surface area contributed by atoms with E-state index in [-0.39, 0.29) is 5.95 Å². The smallest absolute Gasteiger partial charge is 0.433 e. The van der Waals surface area contributed by atoms with Crippen LogP contribution in [-0.2, 0) is 16.6 Å². The average molecular weight is 544 g/mol. The van der Waals surface area contributed by atoms with Crippen molar-refractivity contribution in [2.75, 3.05) is 5.32 Å². The van der Waals surface area contributed by atoms with Crippen LogP contribution in [0.15, 0.2) is 48.9 Å². The van der Waals surface area contributed by atoms with Gasteiger partial charge < -0.3 is 15.5 Å². The number of benzene rings is 1. The standard InChI is InChI=1S/C26H24F3N5O3S/c1-24(37,25(22(35)36)9-3-2-4-10-25)21-32-14-19(38-21)17-7-11-30-18-13-15(5-6-16(17)18)33-23-31-12-8-20(34-23)26(27,28)29/h5-8,11-14,37H,2-4,9-10H2,1H3,(H,35,36)(H,31,33,34). The number of aliphatic carboxylic acids is 1. The average Bonchev–Trinajstić information content (AvgIpc) is 3.39. The molecule has 0 radical (unpaired) electrons. The van der Waals surface area contributed by atoms with Crippen molar-refractivity contribution in [2.24, 2.45) is 5.41 Å². The highest BCUT2D eigenvalue weighted by atomic mass is 32.1. The molecule has 0 bridgehead atoms. The molecule has 38 heavy (non-hydrogen) atoms. The van der Waals surface area contributed by atoms with Crippen LogP contribution in [0.25, 0.3) is 21.3 Å². The number of hydrogen-bond donors (Lipinski definition) is 3. The zero-order chi connectivity index (χ0) is 27.1. The third-order valence-electron chi connectivity index (χ3n) is 7.18. The molecule has 1 saturated carbocycles. The van der Waals surface area contributed by atoms with Crippen molar-refractivity contribution in [1.29, 1.82) is 0 Å². The predicted octanol–water partition coefficient (Wildman–Crippen LogP) is 6.15. The van der Waals surface area contributed by atoms with E-state index in [4.69, 9.17) is 0 Å². The fraction of sp³-hybridized carbons (Fsp3) is 0.346. The number of nitrogens with one attached hydrogen (secondary N) is 1. The second kappa shape index (κ2) is 9.59. The number of nitrogens with zero attached hydrogens (tertiary/aromatic N) is 4. The van der Waals surface area contributed by atoms with E-state index in [0.29, 0.717) is 29.1 Å². The Morgan fingerprint density at radius 1 is 1.05 bits per heavy atom. The summed E-state index contributed by atoms with van der Waals surface area (Å²) >= 11 is 1.23. The molecule has 8 nitrogen and oxygen atoms in total. The molecule has 5 rings (SSSR count).